The van der Waals surface area contributed by atoms with Crippen LogP contribution in [0, 0.1) is 5.82 Å². The zero-order valence-corrected chi connectivity index (χ0v) is 15.5. The molecule has 0 fully saturated rings. The van der Waals surface area contributed by atoms with E-state index in [2.05, 4.69) is 9.97 Å². The molecule has 4 rings (SSSR count). The van der Waals surface area contributed by atoms with Crippen LogP contribution in [-0.2, 0) is 6.18 Å². The molecular formula is C22H14F4N2O2. The average Bonchev–Trinajstić information content (AvgIpc) is 3.17. The number of benzene rings is 2. The molecule has 30 heavy (non-hydrogen) atoms. The number of halogens is 4. The Hall–Kier alpha value is -3.68. The number of carbonyl (C=O) groups excluding carboxylic acids is 1. The highest BCUT2D eigenvalue weighted by Gasteiger charge is 2.31. The smallest absolute Gasteiger partial charge is 0.416 e. The minimum absolute atomic E-state index is 0.0862. The van der Waals surface area contributed by atoms with Crippen molar-refractivity contribution in [1.29, 1.82) is 0 Å². The molecule has 0 saturated heterocycles. The third kappa shape index (κ3) is 3.30. The number of ketones is 1. The number of ether oxygens (including phenoxy) is 1. The normalized spacial score (nSPS) is 11.6. The Morgan fingerprint density at radius 1 is 1.07 bits per heavy atom. The minimum Gasteiger partial charge on any atom is -0.494 e. The topological polar surface area (TPSA) is 55.0 Å². The average molecular weight is 414 g/mol. The highest BCUT2D eigenvalue weighted by Crippen LogP contribution is 2.36. The van der Waals surface area contributed by atoms with Crippen LogP contribution in [0.1, 0.15) is 21.5 Å². The molecule has 8 heteroatoms. The SMILES string of the molecule is COc1cccc(C(=O)c2c[nH]c3nccc(-c4cccc(C(F)(F)F)c4)c23)c1F. The van der Waals surface area contributed by atoms with E-state index in [0.29, 0.717) is 16.6 Å². The van der Waals surface area contributed by atoms with Gasteiger partial charge in [-0.1, -0.05) is 18.2 Å². The molecule has 0 atom stereocenters. The van der Waals surface area contributed by atoms with Gasteiger partial charge >= 0.3 is 6.18 Å². The molecule has 0 aliphatic carbocycles. The van der Waals surface area contributed by atoms with Crippen molar-refractivity contribution < 1.29 is 27.1 Å². The molecule has 0 aliphatic heterocycles. The fourth-order valence-electron chi connectivity index (χ4n) is 3.33. The summed E-state index contributed by atoms with van der Waals surface area (Å²) in [5, 5.41) is 0.309. The molecule has 2 heterocycles. The van der Waals surface area contributed by atoms with Gasteiger partial charge in [-0.15, -0.1) is 0 Å². The van der Waals surface area contributed by atoms with E-state index in [1.165, 1.54) is 55.9 Å². The number of aromatic nitrogens is 2. The summed E-state index contributed by atoms with van der Waals surface area (Å²) < 4.78 is 59.0. The second-order valence-electron chi connectivity index (χ2n) is 6.51. The zero-order valence-electron chi connectivity index (χ0n) is 15.5. The second-order valence-corrected chi connectivity index (χ2v) is 6.51. The Balaban J connectivity index is 1.90. The fraction of sp³-hybridized carbons (Fsp3) is 0.0909. The monoisotopic (exact) mass is 414 g/mol. The van der Waals surface area contributed by atoms with Crippen LogP contribution in [0.2, 0.25) is 0 Å². The first kappa shape index (κ1) is 19.6. The van der Waals surface area contributed by atoms with Gasteiger partial charge in [-0.25, -0.2) is 9.37 Å². The number of fused-ring (bicyclic) bond motifs is 1. The summed E-state index contributed by atoms with van der Waals surface area (Å²) >= 11 is 0. The molecule has 0 spiro atoms. The Kier molecular flexibility index (Phi) is 4.77. The Morgan fingerprint density at radius 3 is 2.57 bits per heavy atom. The van der Waals surface area contributed by atoms with Crippen molar-refractivity contribution in [2.24, 2.45) is 0 Å². The molecule has 0 unspecified atom stereocenters. The Labute approximate surface area is 168 Å². The van der Waals surface area contributed by atoms with Gasteiger partial charge in [-0.2, -0.15) is 13.2 Å². The lowest BCUT2D eigenvalue weighted by Crippen LogP contribution is -2.06. The minimum atomic E-state index is -4.51. The number of carbonyl (C=O) groups is 1. The molecule has 2 aromatic carbocycles. The van der Waals surface area contributed by atoms with Gasteiger partial charge < -0.3 is 9.72 Å². The number of alkyl halides is 3. The maximum atomic E-state index is 14.6. The predicted octanol–water partition coefficient (Wildman–Crippen LogP) is 5.63. The summed E-state index contributed by atoms with van der Waals surface area (Å²) in [7, 11) is 1.29. The third-order valence-corrected chi connectivity index (χ3v) is 4.75. The Morgan fingerprint density at radius 2 is 1.83 bits per heavy atom. The number of pyridine rings is 1. The van der Waals surface area contributed by atoms with Crippen LogP contribution in [0.5, 0.6) is 5.75 Å². The lowest BCUT2D eigenvalue weighted by atomic mass is 9.96. The second kappa shape index (κ2) is 7.29. The largest absolute Gasteiger partial charge is 0.494 e. The number of rotatable bonds is 4. The number of aromatic amines is 1. The lowest BCUT2D eigenvalue weighted by molar-refractivity contribution is -0.137. The number of nitrogens with one attached hydrogen (secondary N) is 1. The summed E-state index contributed by atoms with van der Waals surface area (Å²) in [5.41, 5.74) is 0.00605. The van der Waals surface area contributed by atoms with Gasteiger partial charge in [-0.05, 0) is 41.5 Å². The van der Waals surface area contributed by atoms with E-state index in [1.54, 1.807) is 0 Å². The van der Waals surface area contributed by atoms with Crippen molar-refractivity contribution in [3.63, 3.8) is 0 Å². The van der Waals surface area contributed by atoms with E-state index in [9.17, 15) is 22.4 Å². The number of hydrogen-bond donors (Lipinski definition) is 1. The van der Waals surface area contributed by atoms with Gasteiger partial charge in [0.1, 0.15) is 5.65 Å². The molecule has 1 N–H and O–H groups in total. The van der Waals surface area contributed by atoms with Crippen molar-refractivity contribution >= 4 is 16.8 Å². The van der Waals surface area contributed by atoms with Crippen LogP contribution < -0.4 is 4.74 Å². The van der Waals surface area contributed by atoms with Gasteiger partial charge in [0.25, 0.3) is 0 Å². The standard InChI is InChI=1S/C22H14F4N2O2/c1-30-17-7-3-6-15(19(17)23)20(29)16-11-28-21-18(16)14(8-9-27-21)12-4-2-5-13(10-12)22(24,25)26/h2-11H,1H3,(H,27,28). The van der Waals surface area contributed by atoms with Crippen LogP contribution in [0.25, 0.3) is 22.2 Å². The summed E-state index contributed by atoms with van der Waals surface area (Å²) in [6, 6.07) is 10.5. The van der Waals surface area contributed by atoms with E-state index in [4.69, 9.17) is 4.74 Å². The molecule has 0 bridgehead atoms. The van der Waals surface area contributed by atoms with Crippen LogP contribution in [-0.4, -0.2) is 22.9 Å². The number of nitrogens with zero attached hydrogens (tertiary/aromatic N) is 1. The van der Waals surface area contributed by atoms with Gasteiger partial charge in [0.05, 0.1) is 23.8 Å². The van der Waals surface area contributed by atoms with Crippen molar-refractivity contribution in [2.45, 2.75) is 6.18 Å². The van der Waals surface area contributed by atoms with Crippen molar-refractivity contribution in [3.05, 3.63) is 83.4 Å². The van der Waals surface area contributed by atoms with E-state index < -0.39 is 23.3 Å². The highest BCUT2D eigenvalue weighted by atomic mass is 19.4. The van der Waals surface area contributed by atoms with Gasteiger partial charge in [0.15, 0.2) is 17.3 Å². The van der Waals surface area contributed by atoms with E-state index in [0.717, 1.165) is 12.1 Å². The molecule has 0 saturated carbocycles. The highest BCUT2D eigenvalue weighted by molar-refractivity contribution is 6.18. The van der Waals surface area contributed by atoms with Crippen molar-refractivity contribution in [2.75, 3.05) is 7.11 Å². The zero-order chi connectivity index (χ0) is 21.5. The third-order valence-electron chi connectivity index (χ3n) is 4.75. The lowest BCUT2D eigenvalue weighted by Gasteiger charge is -2.11. The maximum Gasteiger partial charge on any atom is 0.416 e. The summed E-state index contributed by atoms with van der Waals surface area (Å²) in [6.45, 7) is 0. The summed E-state index contributed by atoms with van der Waals surface area (Å²) in [4.78, 5) is 20.1. The number of hydrogen-bond acceptors (Lipinski definition) is 3. The molecule has 2 aromatic heterocycles. The first-order chi connectivity index (χ1) is 14.3. The molecule has 4 nitrogen and oxygen atoms in total. The van der Waals surface area contributed by atoms with Crippen LogP contribution in [0.15, 0.2) is 60.9 Å². The van der Waals surface area contributed by atoms with Crippen LogP contribution in [0.3, 0.4) is 0 Å². The molecule has 4 aromatic rings. The van der Waals surface area contributed by atoms with Crippen LogP contribution in [0.4, 0.5) is 17.6 Å². The Bertz CT molecular complexity index is 1260. The van der Waals surface area contributed by atoms with Gasteiger partial charge in [0, 0.05) is 17.8 Å². The molecule has 0 amide bonds. The van der Waals surface area contributed by atoms with E-state index in [-0.39, 0.29) is 22.4 Å². The van der Waals surface area contributed by atoms with E-state index in [1.807, 2.05) is 0 Å². The molecule has 0 aliphatic rings. The first-order valence-corrected chi connectivity index (χ1v) is 8.82. The van der Waals surface area contributed by atoms with Crippen molar-refractivity contribution in [1.82, 2.24) is 9.97 Å². The first-order valence-electron chi connectivity index (χ1n) is 8.82. The van der Waals surface area contributed by atoms with Crippen molar-refractivity contribution in [3.8, 4) is 16.9 Å². The molecule has 152 valence electrons. The summed E-state index contributed by atoms with van der Waals surface area (Å²) in [5.74, 6) is -1.54. The van der Waals surface area contributed by atoms with E-state index >= 15 is 0 Å². The van der Waals surface area contributed by atoms with Gasteiger partial charge in [-0.3, -0.25) is 4.79 Å². The van der Waals surface area contributed by atoms with Crippen LogP contribution >= 0.6 is 0 Å². The predicted molar refractivity (Wildman–Crippen MR) is 103 cm³/mol. The maximum absolute atomic E-state index is 14.6. The molecular weight excluding hydrogens is 400 g/mol. The van der Waals surface area contributed by atoms with Gasteiger partial charge in [0.2, 0.25) is 0 Å². The molecule has 0 radical (unpaired) electrons. The number of methoxy groups -OCH3 is 1. The number of H-pyrrole nitrogens is 1. The summed E-state index contributed by atoms with van der Waals surface area (Å²) in [6.07, 6.45) is -1.71. The fourth-order valence-corrected chi connectivity index (χ4v) is 3.33. The quantitative estimate of drug-likeness (QED) is 0.348.